The van der Waals surface area contributed by atoms with Gasteiger partial charge in [-0.2, -0.15) is 0 Å². The molecule has 0 atom stereocenters. The minimum Gasteiger partial charge on any atom is -0.426 e. The molecular formula is C53H58N2O10. The number of hydrogen-bond acceptors (Lipinski definition) is 10. The van der Waals surface area contributed by atoms with Crippen molar-refractivity contribution in [2.45, 2.75) is 111 Å². The van der Waals surface area contributed by atoms with Gasteiger partial charge in [-0.15, -0.1) is 0 Å². The number of carbonyl (C=O) groups is 4. The van der Waals surface area contributed by atoms with Crippen molar-refractivity contribution in [1.29, 1.82) is 0 Å². The van der Waals surface area contributed by atoms with Crippen molar-refractivity contribution in [1.82, 2.24) is 0 Å². The Balaban J connectivity index is 1.17. The van der Waals surface area contributed by atoms with Gasteiger partial charge < -0.3 is 9.47 Å². The molecule has 0 unspecified atom stereocenters. The van der Waals surface area contributed by atoms with Gasteiger partial charge in [-0.05, 0) is 141 Å². The van der Waals surface area contributed by atoms with Crippen LogP contribution in [-0.4, -0.2) is 33.4 Å². The third kappa shape index (κ3) is 12.8. The highest BCUT2D eigenvalue weighted by atomic mass is 16.6. The van der Waals surface area contributed by atoms with Gasteiger partial charge in [0.05, 0.1) is 21.7 Å². The molecule has 65 heavy (non-hydrogen) atoms. The van der Waals surface area contributed by atoms with E-state index in [9.17, 15) is 39.4 Å². The molecule has 0 amide bonds. The van der Waals surface area contributed by atoms with Crippen LogP contribution in [0.5, 0.6) is 11.5 Å². The molecule has 0 saturated heterocycles. The van der Waals surface area contributed by atoms with E-state index in [1.165, 1.54) is 94.0 Å². The number of nitrogens with zero attached hydrogens (tertiary/aromatic N) is 2. The maximum absolute atomic E-state index is 14.1. The highest BCUT2D eigenvalue weighted by Gasteiger charge is 2.30. The van der Waals surface area contributed by atoms with Crippen LogP contribution in [0.3, 0.4) is 0 Å². The minimum absolute atomic E-state index is 0.0491. The van der Waals surface area contributed by atoms with Crippen molar-refractivity contribution in [3.05, 3.63) is 139 Å². The summed E-state index contributed by atoms with van der Waals surface area (Å²) in [7, 11) is 0. The zero-order valence-electron chi connectivity index (χ0n) is 37.5. The summed E-state index contributed by atoms with van der Waals surface area (Å²) < 4.78 is 11.4. The second kappa shape index (κ2) is 22.9. The number of ketones is 2. The molecule has 4 aromatic carbocycles. The number of non-ortho nitro benzene ring substituents is 1. The molecule has 0 bridgehead atoms. The Bertz CT molecular complexity index is 2420. The molecule has 0 aromatic heterocycles. The van der Waals surface area contributed by atoms with Gasteiger partial charge in [-0.1, -0.05) is 88.8 Å². The number of rotatable bonds is 19. The van der Waals surface area contributed by atoms with Gasteiger partial charge in [0.15, 0.2) is 11.6 Å². The van der Waals surface area contributed by atoms with Crippen LogP contribution in [0.4, 0.5) is 11.4 Å². The lowest BCUT2D eigenvalue weighted by atomic mass is 9.80. The van der Waals surface area contributed by atoms with Gasteiger partial charge >= 0.3 is 11.9 Å². The Labute approximate surface area is 380 Å². The fourth-order valence-corrected chi connectivity index (χ4v) is 9.09. The summed E-state index contributed by atoms with van der Waals surface area (Å²) in [6.45, 7) is 5.81. The third-order valence-electron chi connectivity index (χ3n) is 13.0. The number of allylic oxidation sites excluding steroid dienone is 2. The summed E-state index contributed by atoms with van der Waals surface area (Å²) in [5.74, 6) is 0.137. The lowest BCUT2D eigenvalue weighted by Crippen LogP contribution is -2.25. The number of benzene rings is 4. The second-order valence-electron chi connectivity index (χ2n) is 17.5. The quantitative estimate of drug-likeness (QED) is 0.0220. The van der Waals surface area contributed by atoms with Gasteiger partial charge in [0.1, 0.15) is 11.5 Å². The summed E-state index contributed by atoms with van der Waals surface area (Å²) in [6, 6.07) is 19.6. The van der Waals surface area contributed by atoms with Crippen molar-refractivity contribution >= 4 is 47.0 Å². The first kappa shape index (κ1) is 47.9. The van der Waals surface area contributed by atoms with Gasteiger partial charge in [0.25, 0.3) is 11.4 Å². The molecule has 0 aliphatic heterocycles. The van der Waals surface area contributed by atoms with E-state index in [4.69, 9.17) is 9.47 Å². The van der Waals surface area contributed by atoms with E-state index < -0.39 is 21.4 Å². The molecule has 2 aliphatic rings. The van der Waals surface area contributed by atoms with Crippen LogP contribution in [0, 0.1) is 50.8 Å². The van der Waals surface area contributed by atoms with Gasteiger partial charge in [0.2, 0.25) is 0 Å². The summed E-state index contributed by atoms with van der Waals surface area (Å²) in [6.07, 6.45) is 20.1. The Morgan fingerprint density at radius 2 is 1.06 bits per heavy atom. The van der Waals surface area contributed by atoms with Crippen LogP contribution in [0.1, 0.15) is 141 Å². The van der Waals surface area contributed by atoms with Crippen molar-refractivity contribution < 1.29 is 38.5 Å². The third-order valence-corrected chi connectivity index (χ3v) is 13.0. The number of carbonyl (C=O) groups excluding carboxylic acids is 4. The first-order valence-electron chi connectivity index (χ1n) is 23.0. The Morgan fingerprint density at radius 1 is 0.600 bits per heavy atom. The predicted molar refractivity (Wildman–Crippen MR) is 251 cm³/mol. The summed E-state index contributed by atoms with van der Waals surface area (Å²) in [5.41, 5.74) is 0.779. The molecule has 2 aliphatic carbocycles. The van der Waals surface area contributed by atoms with Crippen molar-refractivity contribution in [2.24, 2.45) is 23.7 Å². The van der Waals surface area contributed by atoms with E-state index in [1.807, 2.05) is 0 Å². The monoisotopic (exact) mass is 882 g/mol. The SMILES string of the molecule is CCCCC1CCC(C(=O)Oc2ccc(C=CC(=O)c3cc([N+](=O)[O-])ccc3-c3ccc([N+](=O)[O-])c(C)c3C(=O)C=Cc3ccc(OC(=O)C4CCC(CCCC)CC4)cc3)cc2)CC1. The van der Waals surface area contributed by atoms with Gasteiger partial charge in [-0.25, -0.2) is 0 Å². The fourth-order valence-electron chi connectivity index (χ4n) is 9.09. The predicted octanol–water partition coefficient (Wildman–Crippen LogP) is 13.1. The van der Waals surface area contributed by atoms with Crippen LogP contribution < -0.4 is 9.47 Å². The molecule has 2 saturated carbocycles. The summed E-state index contributed by atoms with van der Waals surface area (Å²) in [4.78, 5) is 76.5. The molecule has 0 spiro atoms. The molecule has 4 aromatic rings. The molecule has 2 fully saturated rings. The number of esters is 2. The first-order chi connectivity index (χ1) is 31.3. The Hall–Kier alpha value is -6.56. The maximum atomic E-state index is 14.1. The van der Waals surface area contributed by atoms with Crippen LogP contribution in [0.15, 0.2) is 91.0 Å². The topological polar surface area (TPSA) is 173 Å². The Kier molecular flexibility index (Phi) is 16.9. The highest BCUT2D eigenvalue weighted by molar-refractivity contribution is 6.16. The molecule has 12 heteroatoms. The molecule has 0 heterocycles. The van der Waals surface area contributed by atoms with E-state index in [2.05, 4.69) is 13.8 Å². The van der Waals surface area contributed by atoms with E-state index in [1.54, 1.807) is 48.5 Å². The normalized spacial score (nSPS) is 18.6. The molecule has 12 nitrogen and oxygen atoms in total. The summed E-state index contributed by atoms with van der Waals surface area (Å²) in [5, 5.41) is 24.0. The number of unbranched alkanes of at least 4 members (excludes halogenated alkanes) is 2. The van der Waals surface area contributed by atoms with E-state index in [-0.39, 0.29) is 63.0 Å². The molecule has 0 radical (unpaired) electrons. The van der Waals surface area contributed by atoms with E-state index in [0.717, 1.165) is 57.4 Å². The zero-order chi connectivity index (χ0) is 46.5. The van der Waals surface area contributed by atoms with Crippen molar-refractivity contribution in [3.8, 4) is 22.6 Å². The summed E-state index contributed by atoms with van der Waals surface area (Å²) >= 11 is 0. The van der Waals surface area contributed by atoms with Crippen LogP contribution in [0.2, 0.25) is 0 Å². The zero-order valence-corrected chi connectivity index (χ0v) is 37.5. The fraction of sp³-hybridized carbons (Fsp3) is 0.396. The van der Waals surface area contributed by atoms with Crippen molar-refractivity contribution in [3.63, 3.8) is 0 Å². The molecule has 0 N–H and O–H groups in total. The average molecular weight is 883 g/mol. The van der Waals surface area contributed by atoms with E-state index in [0.29, 0.717) is 34.5 Å². The van der Waals surface area contributed by atoms with Crippen LogP contribution >= 0.6 is 0 Å². The number of nitro groups is 2. The minimum atomic E-state index is -0.635. The number of ether oxygens (including phenoxy) is 2. The van der Waals surface area contributed by atoms with E-state index >= 15 is 0 Å². The average Bonchev–Trinajstić information content (AvgIpc) is 3.31. The number of hydrogen-bond donors (Lipinski definition) is 0. The van der Waals surface area contributed by atoms with Crippen molar-refractivity contribution in [2.75, 3.05) is 0 Å². The standard InChI is InChI=1S/C53H58N2O10/c1-4-6-8-36-10-20-40(21-11-36)52(58)64-43-25-14-38(15-26-43)18-32-49(56)47-34-42(54(60)61)24-29-45(47)46-30-31-48(55(62)63)35(3)51(46)50(57)33-19-39-16-27-44(28-17-39)65-53(59)41-22-12-37(13-23-41)9-7-5-2/h14-19,24-34,36-37,40-41H,4-13,20-23H2,1-3H3. The molecule has 340 valence electrons. The molecule has 6 rings (SSSR count). The van der Waals surface area contributed by atoms with Gasteiger partial charge in [-0.3, -0.25) is 39.4 Å². The molecular weight excluding hydrogens is 825 g/mol. The van der Waals surface area contributed by atoms with Crippen LogP contribution in [-0.2, 0) is 9.59 Å². The smallest absolute Gasteiger partial charge is 0.314 e. The Morgan fingerprint density at radius 3 is 1.51 bits per heavy atom. The van der Waals surface area contributed by atoms with Crippen LogP contribution in [0.25, 0.3) is 23.3 Å². The lowest BCUT2D eigenvalue weighted by molar-refractivity contribution is -0.385. The first-order valence-corrected chi connectivity index (χ1v) is 23.0. The highest BCUT2D eigenvalue weighted by Crippen LogP contribution is 2.37. The maximum Gasteiger partial charge on any atom is 0.314 e. The second-order valence-corrected chi connectivity index (χ2v) is 17.5. The lowest BCUT2D eigenvalue weighted by Gasteiger charge is -2.27. The van der Waals surface area contributed by atoms with Gasteiger partial charge in [0, 0.05) is 34.9 Å². The number of nitro benzene ring substituents is 2. The largest absolute Gasteiger partial charge is 0.426 e.